The number of imidazole rings is 1. The van der Waals surface area contributed by atoms with Crippen molar-refractivity contribution in [3.8, 4) is 11.6 Å². The van der Waals surface area contributed by atoms with E-state index in [2.05, 4.69) is 46.2 Å². The van der Waals surface area contributed by atoms with Crippen molar-refractivity contribution in [2.24, 2.45) is 0 Å². The zero-order valence-corrected chi connectivity index (χ0v) is 16.6. The number of rotatable bonds is 4. The number of ether oxygens (including phenoxy) is 1. The molecule has 2 aromatic carbocycles. The summed E-state index contributed by atoms with van der Waals surface area (Å²) in [5.74, 6) is 1.59. The molecule has 0 aliphatic heterocycles. The summed E-state index contributed by atoms with van der Waals surface area (Å²) in [5.41, 5.74) is 10.7. The SMILES string of the molecule is COc1ccc(Nc2nc(N)cc(-n3c(C)nc4cc(C)c(C)cc43)n2)cc1F. The van der Waals surface area contributed by atoms with Crippen LogP contribution in [0.5, 0.6) is 5.75 Å². The number of methoxy groups -OCH3 is 1. The summed E-state index contributed by atoms with van der Waals surface area (Å²) in [6, 6.07) is 10.3. The third-order valence-corrected chi connectivity index (χ3v) is 4.81. The number of benzene rings is 2. The zero-order chi connectivity index (χ0) is 20.7. The normalized spacial score (nSPS) is 11.1. The van der Waals surface area contributed by atoms with Crippen LogP contribution >= 0.6 is 0 Å². The summed E-state index contributed by atoms with van der Waals surface area (Å²) < 4.78 is 20.9. The third-order valence-electron chi connectivity index (χ3n) is 4.81. The molecule has 0 saturated carbocycles. The second kappa shape index (κ2) is 7.05. The van der Waals surface area contributed by atoms with Crippen molar-refractivity contribution in [2.75, 3.05) is 18.2 Å². The molecule has 0 unspecified atom stereocenters. The number of nitrogens with two attached hydrogens (primary N) is 1. The van der Waals surface area contributed by atoms with Crippen molar-refractivity contribution in [3.63, 3.8) is 0 Å². The summed E-state index contributed by atoms with van der Waals surface area (Å²) in [7, 11) is 1.42. The molecule has 2 aromatic heterocycles. The Kier molecular flexibility index (Phi) is 4.54. The molecule has 0 aliphatic carbocycles. The fourth-order valence-electron chi connectivity index (χ4n) is 3.24. The summed E-state index contributed by atoms with van der Waals surface area (Å²) in [4.78, 5) is 13.4. The van der Waals surface area contributed by atoms with Crippen molar-refractivity contribution >= 4 is 28.5 Å². The number of hydrogen-bond acceptors (Lipinski definition) is 6. The molecule has 4 rings (SSSR count). The maximum atomic E-state index is 14.0. The second-order valence-corrected chi connectivity index (χ2v) is 6.87. The Morgan fingerprint density at radius 2 is 1.76 bits per heavy atom. The number of halogens is 1. The lowest BCUT2D eigenvalue weighted by molar-refractivity contribution is 0.386. The summed E-state index contributed by atoms with van der Waals surface area (Å²) >= 11 is 0. The van der Waals surface area contributed by atoms with Gasteiger partial charge in [0.25, 0.3) is 0 Å². The molecule has 0 spiro atoms. The zero-order valence-electron chi connectivity index (χ0n) is 16.6. The molecule has 7 nitrogen and oxygen atoms in total. The molecule has 0 radical (unpaired) electrons. The van der Waals surface area contributed by atoms with Crippen LogP contribution in [0.3, 0.4) is 0 Å². The van der Waals surface area contributed by atoms with E-state index in [0.29, 0.717) is 11.5 Å². The first-order chi connectivity index (χ1) is 13.9. The molecule has 0 saturated heterocycles. The minimum Gasteiger partial charge on any atom is -0.494 e. The Hall–Kier alpha value is -3.68. The second-order valence-electron chi connectivity index (χ2n) is 6.87. The lowest BCUT2D eigenvalue weighted by Gasteiger charge is -2.11. The Labute approximate surface area is 167 Å². The van der Waals surface area contributed by atoms with Gasteiger partial charge in [-0.05, 0) is 56.2 Å². The highest BCUT2D eigenvalue weighted by atomic mass is 19.1. The molecule has 4 aromatic rings. The summed E-state index contributed by atoms with van der Waals surface area (Å²) in [6.45, 7) is 6.03. The minimum atomic E-state index is -0.482. The molecule has 0 fully saturated rings. The highest BCUT2D eigenvalue weighted by Crippen LogP contribution is 2.26. The van der Waals surface area contributed by atoms with E-state index < -0.39 is 5.82 Å². The van der Waals surface area contributed by atoms with E-state index in [1.54, 1.807) is 12.1 Å². The Morgan fingerprint density at radius 3 is 2.48 bits per heavy atom. The van der Waals surface area contributed by atoms with Gasteiger partial charge in [-0.25, -0.2) is 9.37 Å². The maximum Gasteiger partial charge on any atom is 0.231 e. The number of aryl methyl sites for hydroxylation is 3. The van der Waals surface area contributed by atoms with Crippen LogP contribution in [0, 0.1) is 26.6 Å². The first-order valence-electron chi connectivity index (χ1n) is 9.07. The van der Waals surface area contributed by atoms with E-state index in [-0.39, 0.29) is 17.5 Å². The lowest BCUT2D eigenvalue weighted by atomic mass is 10.1. The van der Waals surface area contributed by atoms with Gasteiger partial charge >= 0.3 is 0 Å². The number of hydrogen-bond donors (Lipinski definition) is 2. The van der Waals surface area contributed by atoms with Gasteiger partial charge in [0, 0.05) is 17.8 Å². The third kappa shape index (κ3) is 3.44. The molecule has 0 amide bonds. The van der Waals surface area contributed by atoms with E-state index in [4.69, 9.17) is 10.5 Å². The average Bonchev–Trinajstić information content (AvgIpc) is 2.96. The number of nitrogen functional groups attached to an aromatic ring is 1. The van der Waals surface area contributed by atoms with Crippen LogP contribution in [0.4, 0.5) is 21.8 Å². The van der Waals surface area contributed by atoms with Gasteiger partial charge in [-0.1, -0.05) is 0 Å². The minimum absolute atomic E-state index is 0.163. The number of nitrogens with zero attached hydrogens (tertiary/aromatic N) is 4. The molecule has 2 heterocycles. The van der Waals surface area contributed by atoms with Gasteiger partial charge in [-0.3, -0.25) is 4.57 Å². The number of aromatic nitrogens is 4. The Bertz CT molecular complexity index is 1230. The molecular formula is C21H21FN6O. The van der Waals surface area contributed by atoms with Crippen LogP contribution in [0.1, 0.15) is 17.0 Å². The van der Waals surface area contributed by atoms with Crippen LogP contribution in [-0.4, -0.2) is 26.6 Å². The van der Waals surface area contributed by atoms with Crippen LogP contribution in [0.15, 0.2) is 36.4 Å². The fourth-order valence-corrected chi connectivity index (χ4v) is 3.24. The molecular weight excluding hydrogens is 371 g/mol. The molecule has 29 heavy (non-hydrogen) atoms. The lowest BCUT2D eigenvalue weighted by Crippen LogP contribution is -2.07. The van der Waals surface area contributed by atoms with Crippen molar-refractivity contribution < 1.29 is 9.13 Å². The molecule has 0 bridgehead atoms. The number of nitrogens with one attached hydrogen (secondary N) is 1. The first kappa shape index (κ1) is 18.7. The van der Waals surface area contributed by atoms with Gasteiger partial charge in [-0.15, -0.1) is 0 Å². The van der Waals surface area contributed by atoms with Gasteiger partial charge in [-0.2, -0.15) is 9.97 Å². The van der Waals surface area contributed by atoms with Gasteiger partial charge < -0.3 is 15.8 Å². The van der Waals surface area contributed by atoms with E-state index in [1.165, 1.54) is 24.8 Å². The van der Waals surface area contributed by atoms with Crippen molar-refractivity contribution in [3.05, 3.63) is 59.2 Å². The van der Waals surface area contributed by atoms with Crippen LogP contribution < -0.4 is 15.8 Å². The van der Waals surface area contributed by atoms with E-state index in [0.717, 1.165) is 22.4 Å². The smallest absolute Gasteiger partial charge is 0.231 e. The predicted octanol–water partition coefficient (Wildman–Crippen LogP) is 4.21. The quantitative estimate of drug-likeness (QED) is 0.541. The fraction of sp³-hybridized carbons (Fsp3) is 0.190. The molecule has 148 valence electrons. The van der Waals surface area contributed by atoms with E-state index >= 15 is 0 Å². The monoisotopic (exact) mass is 392 g/mol. The Morgan fingerprint density at radius 1 is 1.00 bits per heavy atom. The van der Waals surface area contributed by atoms with Gasteiger partial charge in [0.15, 0.2) is 11.6 Å². The summed E-state index contributed by atoms with van der Waals surface area (Å²) in [5, 5.41) is 3.00. The van der Waals surface area contributed by atoms with E-state index in [1.807, 2.05) is 11.5 Å². The maximum absolute atomic E-state index is 14.0. The summed E-state index contributed by atoms with van der Waals surface area (Å²) in [6.07, 6.45) is 0. The standard InChI is InChI=1S/C21H21FN6O/c1-11-7-16-17(8-12(11)2)28(13(3)24-16)20-10-19(23)26-21(27-20)25-14-5-6-18(29-4)15(22)9-14/h5-10H,1-4H3,(H3,23,25,26,27). The first-order valence-corrected chi connectivity index (χ1v) is 9.07. The average molecular weight is 392 g/mol. The molecule has 0 atom stereocenters. The van der Waals surface area contributed by atoms with Crippen LogP contribution in [-0.2, 0) is 0 Å². The van der Waals surface area contributed by atoms with Crippen molar-refractivity contribution in [1.29, 1.82) is 0 Å². The Balaban J connectivity index is 1.78. The predicted molar refractivity (Wildman–Crippen MR) is 112 cm³/mol. The molecule has 3 N–H and O–H groups in total. The highest BCUT2D eigenvalue weighted by molar-refractivity contribution is 5.80. The van der Waals surface area contributed by atoms with Gasteiger partial charge in [0.1, 0.15) is 17.5 Å². The molecule has 0 aliphatic rings. The highest BCUT2D eigenvalue weighted by Gasteiger charge is 2.14. The van der Waals surface area contributed by atoms with Crippen LogP contribution in [0.2, 0.25) is 0 Å². The molecule has 8 heteroatoms. The van der Waals surface area contributed by atoms with Gasteiger partial charge in [0.05, 0.1) is 18.1 Å². The van der Waals surface area contributed by atoms with E-state index in [9.17, 15) is 4.39 Å². The number of anilines is 3. The van der Waals surface area contributed by atoms with Crippen LogP contribution in [0.25, 0.3) is 16.9 Å². The topological polar surface area (TPSA) is 90.9 Å². The largest absolute Gasteiger partial charge is 0.494 e. The number of fused-ring (bicyclic) bond motifs is 1. The van der Waals surface area contributed by atoms with Crippen molar-refractivity contribution in [2.45, 2.75) is 20.8 Å². The van der Waals surface area contributed by atoms with Gasteiger partial charge in [0.2, 0.25) is 5.95 Å². The van der Waals surface area contributed by atoms with Crippen molar-refractivity contribution in [1.82, 2.24) is 19.5 Å².